The lowest BCUT2D eigenvalue weighted by Gasteiger charge is -2.09. The fourth-order valence-electron chi connectivity index (χ4n) is 1.83. The van der Waals surface area contributed by atoms with Crippen molar-refractivity contribution in [2.45, 2.75) is 40.0 Å². The summed E-state index contributed by atoms with van der Waals surface area (Å²) in [5.41, 5.74) is 1.90. The van der Waals surface area contributed by atoms with Gasteiger partial charge in [0.15, 0.2) is 0 Å². The second-order valence-corrected chi connectivity index (χ2v) is 4.25. The summed E-state index contributed by atoms with van der Waals surface area (Å²) < 4.78 is 0. The molecule has 1 fully saturated rings. The van der Waals surface area contributed by atoms with Crippen LogP contribution in [0.25, 0.3) is 0 Å². The second-order valence-electron chi connectivity index (χ2n) is 4.25. The number of benzene rings is 1. The van der Waals surface area contributed by atoms with Crippen molar-refractivity contribution in [2.24, 2.45) is 5.41 Å². The number of rotatable bonds is 3. The van der Waals surface area contributed by atoms with Crippen molar-refractivity contribution in [1.82, 2.24) is 0 Å². The molecular weight excluding hydrogens is 200 g/mol. The molecule has 0 saturated heterocycles. The molecule has 0 bridgehead atoms. The predicted molar refractivity (Wildman–Crippen MR) is 65.5 cm³/mol. The lowest BCUT2D eigenvalue weighted by atomic mass is 9.96. The summed E-state index contributed by atoms with van der Waals surface area (Å²) >= 11 is 0. The Morgan fingerprint density at radius 2 is 2.00 bits per heavy atom. The van der Waals surface area contributed by atoms with Crippen LogP contribution in [-0.2, 0) is 11.2 Å². The van der Waals surface area contributed by atoms with Crippen molar-refractivity contribution in [3.05, 3.63) is 35.4 Å². The molecule has 0 radical (unpaired) electrons. The molecule has 1 aromatic rings. The van der Waals surface area contributed by atoms with E-state index in [0.717, 1.165) is 18.4 Å². The molecule has 16 heavy (non-hydrogen) atoms. The minimum Gasteiger partial charge on any atom is -0.481 e. The van der Waals surface area contributed by atoms with Gasteiger partial charge in [0, 0.05) is 0 Å². The second kappa shape index (κ2) is 5.15. The SMILES string of the molecule is CC.Cc1cccc(CC2(C(=O)O)CC2)c1. The van der Waals surface area contributed by atoms with E-state index in [9.17, 15) is 4.79 Å². The molecule has 0 amide bonds. The quantitative estimate of drug-likeness (QED) is 0.847. The highest BCUT2D eigenvalue weighted by Crippen LogP contribution is 2.48. The fraction of sp³-hybridized carbons (Fsp3) is 0.500. The normalized spacial score (nSPS) is 15.9. The molecule has 0 spiro atoms. The first-order valence-corrected chi connectivity index (χ1v) is 5.91. The van der Waals surface area contributed by atoms with E-state index in [4.69, 9.17) is 5.11 Å². The molecule has 1 aliphatic rings. The van der Waals surface area contributed by atoms with Crippen molar-refractivity contribution in [1.29, 1.82) is 0 Å². The molecular formula is C14H20O2. The molecule has 0 atom stereocenters. The standard InChI is InChI=1S/C12H14O2.C2H6/c1-9-3-2-4-10(7-9)8-12(5-6-12)11(13)14;1-2/h2-4,7H,5-6,8H2,1H3,(H,13,14);1-2H3. The van der Waals surface area contributed by atoms with Crippen molar-refractivity contribution < 1.29 is 9.90 Å². The van der Waals surface area contributed by atoms with Gasteiger partial charge in [0.05, 0.1) is 5.41 Å². The number of carboxylic acids is 1. The largest absolute Gasteiger partial charge is 0.481 e. The molecule has 1 saturated carbocycles. The Labute approximate surface area is 97.3 Å². The van der Waals surface area contributed by atoms with E-state index in [0.29, 0.717) is 6.42 Å². The minimum atomic E-state index is -0.640. The minimum absolute atomic E-state index is 0.437. The van der Waals surface area contributed by atoms with Gasteiger partial charge in [-0.1, -0.05) is 43.7 Å². The van der Waals surface area contributed by atoms with Gasteiger partial charge in [-0.2, -0.15) is 0 Å². The molecule has 0 heterocycles. The van der Waals surface area contributed by atoms with Crippen molar-refractivity contribution in [3.63, 3.8) is 0 Å². The van der Waals surface area contributed by atoms with Gasteiger partial charge >= 0.3 is 5.97 Å². The lowest BCUT2D eigenvalue weighted by Crippen LogP contribution is -2.17. The maximum atomic E-state index is 11.0. The number of aryl methyl sites for hydroxylation is 1. The molecule has 1 N–H and O–H groups in total. The van der Waals surface area contributed by atoms with Gasteiger partial charge < -0.3 is 5.11 Å². The van der Waals surface area contributed by atoms with Crippen molar-refractivity contribution >= 4 is 5.97 Å². The zero-order valence-corrected chi connectivity index (χ0v) is 10.3. The number of carboxylic acid groups (broad SMARTS) is 1. The topological polar surface area (TPSA) is 37.3 Å². The van der Waals surface area contributed by atoms with Crippen LogP contribution in [-0.4, -0.2) is 11.1 Å². The Morgan fingerprint density at radius 1 is 1.38 bits per heavy atom. The maximum Gasteiger partial charge on any atom is 0.309 e. The van der Waals surface area contributed by atoms with Gasteiger partial charge in [-0.15, -0.1) is 0 Å². The number of aliphatic carboxylic acids is 1. The van der Waals surface area contributed by atoms with E-state index >= 15 is 0 Å². The van der Waals surface area contributed by atoms with E-state index in [1.807, 2.05) is 39.0 Å². The first kappa shape index (κ1) is 12.8. The summed E-state index contributed by atoms with van der Waals surface area (Å²) in [5.74, 6) is -0.640. The van der Waals surface area contributed by atoms with E-state index in [1.165, 1.54) is 5.56 Å². The zero-order chi connectivity index (χ0) is 12.2. The van der Waals surface area contributed by atoms with Gasteiger partial charge in [-0.25, -0.2) is 0 Å². The number of hydrogen-bond donors (Lipinski definition) is 1. The molecule has 0 unspecified atom stereocenters. The van der Waals surface area contributed by atoms with Crippen LogP contribution in [0, 0.1) is 12.3 Å². The third-order valence-electron chi connectivity index (χ3n) is 2.93. The molecule has 2 nitrogen and oxygen atoms in total. The van der Waals surface area contributed by atoms with Gasteiger partial charge in [0.25, 0.3) is 0 Å². The molecule has 2 heteroatoms. The van der Waals surface area contributed by atoms with Crippen molar-refractivity contribution in [2.75, 3.05) is 0 Å². The molecule has 0 aliphatic heterocycles. The summed E-state index contributed by atoms with van der Waals surface area (Å²) in [5, 5.41) is 9.03. The molecule has 88 valence electrons. The van der Waals surface area contributed by atoms with Crippen LogP contribution in [0.4, 0.5) is 0 Å². The highest BCUT2D eigenvalue weighted by Gasteiger charge is 2.49. The molecule has 1 aromatic carbocycles. The number of carbonyl (C=O) groups is 1. The van der Waals surface area contributed by atoms with E-state index in [-0.39, 0.29) is 0 Å². The van der Waals surface area contributed by atoms with Crippen LogP contribution in [0.15, 0.2) is 24.3 Å². The summed E-state index contributed by atoms with van der Waals surface area (Å²) in [4.78, 5) is 11.0. The van der Waals surface area contributed by atoms with E-state index < -0.39 is 11.4 Å². The highest BCUT2D eigenvalue weighted by atomic mass is 16.4. The van der Waals surface area contributed by atoms with E-state index in [2.05, 4.69) is 6.07 Å². The first-order valence-electron chi connectivity index (χ1n) is 5.91. The average molecular weight is 220 g/mol. The van der Waals surface area contributed by atoms with Crippen LogP contribution < -0.4 is 0 Å². The molecule has 0 aromatic heterocycles. The Bertz CT molecular complexity index is 365. The zero-order valence-electron chi connectivity index (χ0n) is 10.3. The third-order valence-corrected chi connectivity index (χ3v) is 2.93. The summed E-state index contributed by atoms with van der Waals surface area (Å²) in [6.45, 7) is 6.03. The van der Waals surface area contributed by atoms with E-state index in [1.54, 1.807) is 0 Å². The summed E-state index contributed by atoms with van der Waals surface area (Å²) in [7, 11) is 0. The third kappa shape index (κ3) is 2.84. The monoisotopic (exact) mass is 220 g/mol. The van der Waals surface area contributed by atoms with Gasteiger partial charge in [0.1, 0.15) is 0 Å². The highest BCUT2D eigenvalue weighted by molar-refractivity contribution is 5.78. The smallest absolute Gasteiger partial charge is 0.309 e. The molecule has 2 rings (SSSR count). The average Bonchev–Trinajstić information content (AvgIpc) is 3.02. The maximum absolute atomic E-state index is 11.0. The predicted octanol–water partition coefficient (Wildman–Crippen LogP) is 3.43. The summed E-state index contributed by atoms with van der Waals surface area (Å²) in [6, 6.07) is 8.10. The number of hydrogen-bond acceptors (Lipinski definition) is 1. The van der Waals surface area contributed by atoms with Crippen LogP contribution in [0.5, 0.6) is 0 Å². The lowest BCUT2D eigenvalue weighted by molar-refractivity contribution is -0.143. The van der Waals surface area contributed by atoms with Gasteiger partial charge in [-0.05, 0) is 31.7 Å². The fourth-order valence-corrected chi connectivity index (χ4v) is 1.83. The Kier molecular flexibility index (Phi) is 4.11. The van der Waals surface area contributed by atoms with Crippen LogP contribution in [0.1, 0.15) is 37.8 Å². The summed E-state index contributed by atoms with van der Waals surface area (Å²) in [6.07, 6.45) is 2.34. The molecule has 1 aliphatic carbocycles. The van der Waals surface area contributed by atoms with Crippen LogP contribution >= 0.6 is 0 Å². The van der Waals surface area contributed by atoms with Crippen LogP contribution in [0.3, 0.4) is 0 Å². The Balaban J connectivity index is 0.000000606. The van der Waals surface area contributed by atoms with Crippen LogP contribution in [0.2, 0.25) is 0 Å². The van der Waals surface area contributed by atoms with Crippen molar-refractivity contribution in [3.8, 4) is 0 Å². The Hall–Kier alpha value is -1.31. The first-order chi connectivity index (χ1) is 7.62. The Morgan fingerprint density at radius 3 is 2.44 bits per heavy atom. The van der Waals surface area contributed by atoms with Gasteiger partial charge in [0.2, 0.25) is 0 Å². The van der Waals surface area contributed by atoms with Gasteiger partial charge in [-0.3, -0.25) is 4.79 Å².